The summed E-state index contributed by atoms with van der Waals surface area (Å²) in [6.45, 7) is 6.14. The van der Waals surface area contributed by atoms with Crippen LogP contribution in [0.25, 0.3) is 0 Å². The van der Waals surface area contributed by atoms with Crippen molar-refractivity contribution in [3.63, 3.8) is 0 Å². The number of carbonyl (C=O) groups is 1. The lowest BCUT2D eigenvalue weighted by molar-refractivity contribution is -0.147. The van der Waals surface area contributed by atoms with Crippen LogP contribution in [0.15, 0.2) is 11.1 Å². The Morgan fingerprint density at radius 3 is 2.73 bits per heavy atom. The highest BCUT2D eigenvalue weighted by atomic mass is 16.5. The number of hydrogen-bond donors (Lipinski definition) is 1. The van der Waals surface area contributed by atoms with Crippen LogP contribution in [0.5, 0.6) is 0 Å². The minimum absolute atomic E-state index is 0.0712. The molecule has 0 radical (unpaired) electrons. The fourth-order valence-electron chi connectivity index (χ4n) is 7.17. The van der Waals surface area contributed by atoms with Crippen molar-refractivity contribution < 1.29 is 14.6 Å². The van der Waals surface area contributed by atoms with Crippen LogP contribution in [0, 0.1) is 41.4 Å². The molecular weight excluding hydrogens is 324 g/mol. The van der Waals surface area contributed by atoms with Gasteiger partial charge in [-0.2, -0.15) is 0 Å². The first-order valence-corrected chi connectivity index (χ1v) is 10.4. The van der Waals surface area contributed by atoms with E-state index in [0.717, 1.165) is 51.4 Å². The van der Waals surface area contributed by atoms with E-state index in [0.29, 0.717) is 23.7 Å². The quantitative estimate of drug-likeness (QED) is 0.434. The summed E-state index contributed by atoms with van der Waals surface area (Å²) in [6.07, 6.45) is 13.9. The average molecular weight is 357 g/mol. The number of rotatable bonds is 1. The molecule has 3 nitrogen and oxygen atoms in total. The summed E-state index contributed by atoms with van der Waals surface area (Å²) < 4.78 is 5.51. The number of fused-ring (bicyclic) bond motifs is 4. The van der Waals surface area contributed by atoms with Crippen LogP contribution in [-0.2, 0) is 9.53 Å². The highest BCUT2D eigenvalue weighted by Crippen LogP contribution is 2.65. The van der Waals surface area contributed by atoms with Crippen molar-refractivity contribution in [3.05, 3.63) is 11.1 Å². The molecule has 4 aliphatic carbocycles. The zero-order valence-corrected chi connectivity index (χ0v) is 16.4. The van der Waals surface area contributed by atoms with E-state index in [2.05, 4.69) is 19.8 Å². The van der Waals surface area contributed by atoms with Gasteiger partial charge in [0.15, 0.2) is 0 Å². The van der Waals surface area contributed by atoms with Crippen molar-refractivity contribution in [1.82, 2.24) is 0 Å². The van der Waals surface area contributed by atoms with Gasteiger partial charge in [0.2, 0.25) is 0 Å². The molecule has 4 rings (SSSR count). The average Bonchev–Trinajstić information content (AvgIpc) is 2.86. The van der Waals surface area contributed by atoms with Crippen molar-refractivity contribution in [2.24, 2.45) is 29.1 Å². The maximum atomic E-state index is 11.3. The molecule has 0 aromatic carbocycles. The molecule has 0 aromatic rings. The van der Waals surface area contributed by atoms with Gasteiger partial charge in [-0.05, 0) is 68.6 Å². The molecule has 0 saturated heterocycles. The Morgan fingerprint density at radius 2 is 2.04 bits per heavy atom. The Labute approximate surface area is 157 Å². The molecule has 142 valence electrons. The summed E-state index contributed by atoms with van der Waals surface area (Å²) in [7, 11) is 0. The van der Waals surface area contributed by atoms with E-state index in [1.165, 1.54) is 6.92 Å². The van der Waals surface area contributed by atoms with E-state index >= 15 is 0 Å². The van der Waals surface area contributed by atoms with E-state index in [1.807, 2.05) is 0 Å². The SMILES string of the molecule is C#C[C@]1(O)CC[C@H]2[C@@H]3[C@H](C)CC4=C(CC[C@@H](OC(C)=O)C4)[C@H]3CC[C@@]21C. The Balaban J connectivity index is 1.62. The molecule has 1 N–H and O–H groups in total. The first kappa shape index (κ1) is 18.1. The number of allylic oxidation sites excluding steroid dienone is 1. The van der Waals surface area contributed by atoms with Gasteiger partial charge in [-0.3, -0.25) is 4.79 Å². The van der Waals surface area contributed by atoms with Crippen LogP contribution >= 0.6 is 0 Å². The number of terminal acetylenes is 1. The highest BCUT2D eigenvalue weighted by molar-refractivity contribution is 5.66. The molecule has 0 aromatic heterocycles. The molecule has 0 aliphatic heterocycles. The molecule has 0 heterocycles. The monoisotopic (exact) mass is 356 g/mol. The van der Waals surface area contributed by atoms with Crippen LogP contribution in [0.1, 0.15) is 72.1 Å². The number of hydrogen-bond acceptors (Lipinski definition) is 3. The second-order valence-electron chi connectivity index (χ2n) is 9.57. The normalized spacial score (nSPS) is 47.4. The van der Waals surface area contributed by atoms with Gasteiger partial charge in [-0.25, -0.2) is 0 Å². The van der Waals surface area contributed by atoms with Gasteiger partial charge in [0.05, 0.1) is 0 Å². The Morgan fingerprint density at radius 1 is 1.27 bits per heavy atom. The summed E-state index contributed by atoms with van der Waals surface area (Å²) in [6, 6.07) is 0. The molecule has 3 heteroatoms. The summed E-state index contributed by atoms with van der Waals surface area (Å²) in [5.41, 5.74) is 2.16. The predicted octanol–water partition coefficient (Wildman–Crippen LogP) is 4.25. The van der Waals surface area contributed by atoms with Gasteiger partial charge in [0.25, 0.3) is 0 Å². The van der Waals surface area contributed by atoms with Crippen LogP contribution in [0.2, 0.25) is 0 Å². The number of esters is 1. The number of ether oxygens (including phenoxy) is 1. The zero-order chi connectivity index (χ0) is 18.7. The summed E-state index contributed by atoms with van der Waals surface area (Å²) in [5, 5.41) is 11.1. The van der Waals surface area contributed by atoms with Crippen molar-refractivity contribution in [2.45, 2.75) is 83.8 Å². The molecule has 4 aliphatic rings. The molecule has 26 heavy (non-hydrogen) atoms. The molecular formula is C23H32O3. The third-order valence-corrected chi connectivity index (χ3v) is 8.39. The van der Waals surface area contributed by atoms with Crippen molar-refractivity contribution in [1.29, 1.82) is 0 Å². The molecule has 0 spiro atoms. The smallest absolute Gasteiger partial charge is 0.302 e. The summed E-state index contributed by atoms with van der Waals surface area (Å²) in [5.74, 6) is 5.03. The standard InChI is InChI=1S/C23H32O3/c1-5-23(25)11-9-20-21-14(2)12-16-13-17(26-15(3)24)6-7-18(16)19(21)8-10-22(20,23)4/h1,14,17,19-21,25H,6-13H2,2-4H3/t14-,17-,19-,20+,21-,22+,23+/m1/s1. The third kappa shape index (κ3) is 2.48. The zero-order valence-electron chi connectivity index (χ0n) is 16.4. The van der Waals surface area contributed by atoms with Crippen LogP contribution < -0.4 is 0 Å². The van der Waals surface area contributed by atoms with E-state index in [4.69, 9.17) is 11.2 Å². The minimum Gasteiger partial charge on any atom is -0.462 e. The van der Waals surface area contributed by atoms with Crippen LogP contribution in [-0.4, -0.2) is 22.8 Å². The van der Waals surface area contributed by atoms with Crippen LogP contribution in [0.4, 0.5) is 0 Å². The fourth-order valence-corrected chi connectivity index (χ4v) is 7.17. The van der Waals surface area contributed by atoms with Crippen LogP contribution in [0.3, 0.4) is 0 Å². The van der Waals surface area contributed by atoms with Crippen molar-refractivity contribution >= 4 is 5.97 Å². The molecule has 7 atom stereocenters. The van der Waals surface area contributed by atoms with Gasteiger partial charge in [0.1, 0.15) is 11.7 Å². The van der Waals surface area contributed by atoms with Gasteiger partial charge in [-0.15, -0.1) is 6.42 Å². The molecule has 2 fully saturated rings. The van der Waals surface area contributed by atoms with Crippen molar-refractivity contribution in [2.75, 3.05) is 0 Å². The number of aliphatic hydroxyl groups is 1. The molecule has 0 unspecified atom stereocenters. The van der Waals surface area contributed by atoms with E-state index < -0.39 is 5.60 Å². The summed E-state index contributed by atoms with van der Waals surface area (Å²) >= 11 is 0. The lowest BCUT2D eigenvalue weighted by atomic mass is 9.50. The maximum Gasteiger partial charge on any atom is 0.302 e. The lowest BCUT2D eigenvalue weighted by Gasteiger charge is -2.55. The Hall–Kier alpha value is -1.27. The Bertz CT molecular complexity index is 686. The molecule has 2 saturated carbocycles. The first-order valence-electron chi connectivity index (χ1n) is 10.4. The molecule has 0 amide bonds. The largest absolute Gasteiger partial charge is 0.462 e. The first-order chi connectivity index (χ1) is 12.3. The van der Waals surface area contributed by atoms with Gasteiger partial charge in [0, 0.05) is 18.8 Å². The maximum absolute atomic E-state index is 11.3. The van der Waals surface area contributed by atoms with E-state index in [1.54, 1.807) is 11.1 Å². The number of carbonyl (C=O) groups excluding carboxylic acids is 1. The summed E-state index contributed by atoms with van der Waals surface area (Å²) in [4.78, 5) is 11.3. The van der Waals surface area contributed by atoms with Gasteiger partial charge >= 0.3 is 5.97 Å². The van der Waals surface area contributed by atoms with Gasteiger partial charge in [-0.1, -0.05) is 30.9 Å². The predicted molar refractivity (Wildman–Crippen MR) is 101 cm³/mol. The van der Waals surface area contributed by atoms with E-state index in [-0.39, 0.29) is 17.5 Å². The second kappa shape index (κ2) is 6.13. The fraction of sp³-hybridized carbons (Fsp3) is 0.783. The lowest BCUT2D eigenvalue weighted by Crippen LogP contribution is -2.52. The second-order valence-corrected chi connectivity index (χ2v) is 9.57. The highest BCUT2D eigenvalue weighted by Gasteiger charge is 2.62. The van der Waals surface area contributed by atoms with Gasteiger partial charge < -0.3 is 9.84 Å². The topological polar surface area (TPSA) is 46.5 Å². The van der Waals surface area contributed by atoms with Crippen molar-refractivity contribution in [3.8, 4) is 12.3 Å². The minimum atomic E-state index is -0.927. The Kier molecular flexibility index (Phi) is 4.27. The molecule has 0 bridgehead atoms. The van der Waals surface area contributed by atoms with E-state index in [9.17, 15) is 9.90 Å². The third-order valence-electron chi connectivity index (χ3n) is 8.39.